The van der Waals surface area contributed by atoms with Crippen molar-refractivity contribution in [2.45, 2.75) is 25.4 Å². The van der Waals surface area contributed by atoms with Crippen LogP contribution in [0.5, 0.6) is 11.5 Å². The fourth-order valence-corrected chi connectivity index (χ4v) is 3.80. The summed E-state index contributed by atoms with van der Waals surface area (Å²) in [4.78, 5) is 22.5. The topological polar surface area (TPSA) is 64.6 Å². The number of rotatable bonds is 6. The van der Waals surface area contributed by atoms with Crippen molar-refractivity contribution in [3.05, 3.63) is 72.7 Å². The van der Waals surface area contributed by atoms with Gasteiger partial charge in [0.05, 0.1) is 18.3 Å². The van der Waals surface area contributed by atoms with E-state index in [2.05, 4.69) is 28.7 Å². The van der Waals surface area contributed by atoms with E-state index in [1.807, 2.05) is 30.3 Å². The molecule has 0 spiro atoms. The number of likely N-dealkylation sites (tertiary alicyclic amines) is 1. The molecule has 0 saturated carbocycles. The molecule has 1 aromatic heterocycles. The molecular weight excluding hydrogens is 378 g/mol. The van der Waals surface area contributed by atoms with Gasteiger partial charge in [-0.1, -0.05) is 36.9 Å². The molecule has 0 bridgehead atoms. The first-order valence-electron chi connectivity index (χ1n) is 10.1. The fraction of sp³-hybridized carbons (Fsp3) is 0.292. The van der Waals surface area contributed by atoms with E-state index in [9.17, 15) is 4.79 Å². The number of amides is 1. The Morgan fingerprint density at radius 1 is 1.17 bits per heavy atom. The Labute approximate surface area is 176 Å². The smallest absolute Gasteiger partial charge is 0.245 e. The maximum absolute atomic E-state index is 11.8. The van der Waals surface area contributed by atoms with Crippen molar-refractivity contribution in [2.75, 3.05) is 20.2 Å². The van der Waals surface area contributed by atoms with Gasteiger partial charge in [-0.25, -0.2) is 9.97 Å². The minimum Gasteiger partial charge on any atom is -0.493 e. The predicted molar refractivity (Wildman–Crippen MR) is 116 cm³/mol. The van der Waals surface area contributed by atoms with Crippen molar-refractivity contribution >= 4 is 16.8 Å². The van der Waals surface area contributed by atoms with Gasteiger partial charge in [0.15, 0.2) is 11.5 Å². The summed E-state index contributed by atoms with van der Waals surface area (Å²) in [5.41, 5.74) is 2.96. The Bertz CT molecular complexity index is 1040. The second kappa shape index (κ2) is 8.95. The molecule has 2 heterocycles. The molecule has 0 atom stereocenters. The first-order valence-corrected chi connectivity index (χ1v) is 10.1. The monoisotopic (exact) mass is 403 g/mol. The minimum absolute atomic E-state index is 0.0208. The van der Waals surface area contributed by atoms with Crippen molar-refractivity contribution in [1.29, 1.82) is 0 Å². The van der Waals surface area contributed by atoms with Crippen LogP contribution in [0, 0.1) is 0 Å². The summed E-state index contributed by atoms with van der Waals surface area (Å²) >= 11 is 0. The van der Waals surface area contributed by atoms with Gasteiger partial charge in [-0.15, -0.1) is 0 Å². The normalized spacial score (nSPS) is 14.5. The average Bonchev–Trinajstić information content (AvgIpc) is 2.79. The van der Waals surface area contributed by atoms with Crippen molar-refractivity contribution in [3.63, 3.8) is 0 Å². The van der Waals surface area contributed by atoms with Crippen LogP contribution in [0.3, 0.4) is 0 Å². The van der Waals surface area contributed by atoms with E-state index in [0.29, 0.717) is 31.0 Å². The molecule has 4 rings (SSSR count). The van der Waals surface area contributed by atoms with Crippen LogP contribution in [0.1, 0.15) is 24.1 Å². The van der Waals surface area contributed by atoms with E-state index in [0.717, 1.165) is 29.4 Å². The Balaban J connectivity index is 1.59. The number of benzene rings is 2. The van der Waals surface area contributed by atoms with Gasteiger partial charge in [-0.3, -0.25) is 4.79 Å². The lowest BCUT2D eigenvalue weighted by atomic mass is 10.0. The number of hydrogen-bond donors (Lipinski definition) is 0. The highest BCUT2D eigenvalue weighted by Gasteiger charge is 2.24. The minimum atomic E-state index is -0.0283. The van der Waals surface area contributed by atoms with Gasteiger partial charge in [0.2, 0.25) is 5.91 Å². The number of carbonyl (C=O) groups is 1. The lowest BCUT2D eigenvalue weighted by Gasteiger charge is -2.31. The summed E-state index contributed by atoms with van der Waals surface area (Å²) in [7, 11) is 1.63. The van der Waals surface area contributed by atoms with Crippen LogP contribution in [0.25, 0.3) is 10.9 Å². The Hall–Kier alpha value is -3.41. The number of hydrogen-bond acceptors (Lipinski definition) is 5. The van der Waals surface area contributed by atoms with Crippen molar-refractivity contribution in [3.8, 4) is 11.5 Å². The van der Waals surface area contributed by atoms with Gasteiger partial charge in [-0.05, 0) is 17.7 Å². The van der Waals surface area contributed by atoms with Gasteiger partial charge in [-0.2, -0.15) is 0 Å². The standard InChI is InChI=1S/C24H25N3O3/c1-3-24(28)27-11-9-18(10-12-27)30-23-14-19-20(13-17-7-5-4-6-8-17)25-16-26-21(19)15-22(23)29-2/h3-8,14-16,18H,1,9-13H2,2H3. The second-order valence-corrected chi connectivity index (χ2v) is 7.35. The van der Waals surface area contributed by atoms with E-state index in [1.165, 1.54) is 11.6 Å². The summed E-state index contributed by atoms with van der Waals surface area (Å²) in [6.45, 7) is 4.88. The SMILES string of the molecule is C=CC(=O)N1CCC(Oc2cc3c(Cc4ccccc4)ncnc3cc2OC)CC1. The van der Waals surface area contributed by atoms with Gasteiger partial charge >= 0.3 is 0 Å². The molecule has 1 amide bonds. The van der Waals surface area contributed by atoms with Gasteiger partial charge < -0.3 is 14.4 Å². The maximum Gasteiger partial charge on any atom is 0.245 e. The van der Waals surface area contributed by atoms with Gasteiger partial charge in [0.1, 0.15) is 12.4 Å². The first-order chi connectivity index (χ1) is 14.7. The number of fused-ring (bicyclic) bond motifs is 1. The van der Waals surface area contributed by atoms with E-state index in [4.69, 9.17) is 9.47 Å². The van der Waals surface area contributed by atoms with Crippen LogP contribution in [0.4, 0.5) is 0 Å². The molecule has 3 aromatic rings. The van der Waals surface area contributed by atoms with Crippen molar-refractivity contribution < 1.29 is 14.3 Å². The molecule has 30 heavy (non-hydrogen) atoms. The Morgan fingerprint density at radius 2 is 1.93 bits per heavy atom. The molecule has 154 valence electrons. The lowest BCUT2D eigenvalue weighted by Crippen LogP contribution is -2.41. The van der Waals surface area contributed by atoms with E-state index in [-0.39, 0.29) is 12.0 Å². The molecule has 0 unspecified atom stereocenters. The molecule has 6 nitrogen and oxygen atoms in total. The second-order valence-electron chi connectivity index (χ2n) is 7.35. The molecule has 6 heteroatoms. The van der Waals surface area contributed by atoms with Crippen LogP contribution in [-0.4, -0.2) is 47.1 Å². The van der Waals surface area contributed by atoms with Crippen LogP contribution >= 0.6 is 0 Å². The zero-order valence-electron chi connectivity index (χ0n) is 17.1. The largest absolute Gasteiger partial charge is 0.493 e. The van der Waals surface area contributed by atoms with E-state index >= 15 is 0 Å². The maximum atomic E-state index is 11.8. The average molecular weight is 403 g/mol. The first kappa shape index (κ1) is 19.9. The van der Waals surface area contributed by atoms with Crippen LogP contribution in [-0.2, 0) is 11.2 Å². The molecule has 0 radical (unpaired) electrons. The molecule has 2 aromatic carbocycles. The highest BCUT2D eigenvalue weighted by Crippen LogP contribution is 2.34. The molecule has 1 fully saturated rings. The Morgan fingerprint density at radius 3 is 2.63 bits per heavy atom. The lowest BCUT2D eigenvalue weighted by molar-refractivity contribution is -0.127. The highest BCUT2D eigenvalue weighted by molar-refractivity contribution is 5.87. The van der Waals surface area contributed by atoms with Crippen molar-refractivity contribution in [1.82, 2.24) is 14.9 Å². The number of methoxy groups -OCH3 is 1. The summed E-state index contributed by atoms with van der Waals surface area (Å²) in [6, 6.07) is 14.1. The third-order valence-electron chi connectivity index (χ3n) is 5.44. The van der Waals surface area contributed by atoms with Crippen LogP contribution < -0.4 is 9.47 Å². The predicted octanol–water partition coefficient (Wildman–Crippen LogP) is 3.79. The molecule has 0 aliphatic carbocycles. The summed E-state index contributed by atoms with van der Waals surface area (Å²) in [5, 5.41) is 0.955. The number of aromatic nitrogens is 2. The fourth-order valence-electron chi connectivity index (χ4n) is 3.80. The molecule has 1 aliphatic heterocycles. The zero-order valence-corrected chi connectivity index (χ0v) is 17.1. The van der Waals surface area contributed by atoms with Crippen LogP contribution in [0.15, 0.2) is 61.4 Å². The van der Waals surface area contributed by atoms with E-state index in [1.54, 1.807) is 18.3 Å². The highest BCUT2D eigenvalue weighted by atomic mass is 16.5. The van der Waals surface area contributed by atoms with Gasteiger partial charge in [0.25, 0.3) is 0 Å². The molecule has 1 aliphatic rings. The molecule has 1 saturated heterocycles. The number of nitrogens with zero attached hydrogens (tertiary/aromatic N) is 3. The van der Waals surface area contributed by atoms with Crippen molar-refractivity contribution in [2.24, 2.45) is 0 Å². The number of carbonyl (C=O) groups excluding carboxylic acids is 1. The van der Waals surface area contributed by atoms with Crippen LogP contribution in [0.2, 0.25) is 0 Å². The third-order valence-corrected chi connectivity index (χ3v) is 5.44. The Kier molecular flexibility index (Phi) is 5.93. The number of piperidine rings is 1. The molecular formula is C24H25N3O3. The summed E-state index contributed by atoms with van der Waals surface area (Å²) < 4.78 is 11.9. The summed E-state index contributed by atoms with van der Waals surface area (Å²) in [5.74, 6) is 1.30. The summed E-state index contributed by atoms with van der Waals surface area (Å²) in [6.07, 6.45) is 5.22. The number of ether oxygens (including phenoxy) is 2. The zero-order chi connectivity index (χ0) is 20.9. The van der Waals surface area contributed by atoms with E-state index < -0.39 is 0 Å². The molecule has 0 N–H and O–H groups in total. The third kappa shape index (κ3) is 4.27. The van der Waals surface area contributed by atoms with Gasteiger partial charge in [0, 0.05) is 43.8 Å². The quantitative estimate of drug-likeness (QED) is 0.586.